The molecule has 3 N–H and O–H groups in total. The molecule has 0 aromatic heterocycles. The number of benzene rings is 2. The maximum atomic E-state index is 10.9. The molecule has 22 heavy (non-hydrogen) atoms. The highest BCUT2D eigenvalue weighted by atomic mass is 32.2. The number of nitrogens with zero attached hydrogens (tertiary/aromatic N) is 2. The van der Waals surface area contributed by atoms with Crippen LogP contribution in [0.4, 0.5) is 17.1 Å². The molecule has 0 amide bonds. The molecular formula is C14H15N3O4S. The van der Waals surface area contributed by atoms with Crippen LogP contribution in [0, 0.1) is 6.92 Å². The molecule has 0 saturated heterocycles. The predicted molar refractivity (Wildman–Crippen MR) is 82.6 cm³/mol. The zero-order valence-electron chi connectivity index (χ0n) is 12.0. The molecule has 0 aliphatic carbocycles. The Morgan fingerprint density at radius 2 is 1.77 bits per heavy atom. The van der Waals surface area contributed by atoms with Gasteiger partial charge < -0.3 is 10.5 Å². The van der Waals surface area contributed by atoms with E-state index in [1.165, 1.54) is 31.4 Å². The summed E-state index contributed by atoms with van der Waals surface area (Å²) in [4.78, 5) is -0.198. The van der Waals surface area contributed by atoms with Crippen LogP contribution in [0.1, 0.15) is 5.56 Å². The van der Waals surface area contributed by atoms with E-state index in [0.29, 0.717) is 22.8 Å². The van der Waals surface area contributed by atoms with Crippen molar-refractivity contribution in [2.24, 2.45) is 10.2 Å². The monoisotopic (exact) mass is 321 g/mol. The van der Waals surface area contributed by atoms with Crippen molar-refractivity contribution < 1.29 is 17.7 Å². The van der Waals surface area contributed by atoms with Crippen LogP contribution in [-0.4, -0.2) is 20.1 Å². The third-order valence-electron chi connectivity index (χ3n) is 2.96. The van der Waals surface area contributed by atoms with Gasteiger partial charge in [-0.3, -0.25) is 4.55 Å². The first-order valence-corrected chi connectivity index (χ1v) is 7.68. The third-order valence-corrected chi connectivity index (χ3v) is 3.82. The van der Waals surface area contributed by atoms with Crippen LogP contribution in [0.3, 0.4) is 0 Å². The molecule has 2 rings (SSSR count). The van der Waals surface area contributed by atoms with E-state index in [-0.39, 0.29) is 4.90 Å². The molecule has 0 aliphatic heterocycles. The Balaban J connectivity index is 2.27. The van der Waals surface area contributed by atoms with Gasteiger partial charge in [0.2, 0.25) is 0 Å². The number of hydrogen-bond donors (Lipinski definition) is 2. The topological polar surface area (TPSA) is 114 Å². The average molecular weight is 321 g/mol. The molecule has 0 aliphatic rings. The number of hydrogen-bond acceptors (Lipinski definition) is 6. The summed E-state index contributed by atoms with van der Waals surface area (Å²) in [6, 6.07) is 8.77. The molecule has 0 fully saturated rings. The minimum Gasteiger partial charge on any atom is -0.495 e. The first kappa shape index (κ1) is 15.9. The van der Waals surface area contributed by atoms with Crippen molar-refractivity contribution in [2.45, 2.75) is 11.8 Å². The molecule has 2 aromatic rings. The van der Waals surface area contributed by atoms with Crippen molar-refractivity contribution in [2.75, 3.05) is 12.8 Å². The van der Waals surface area contributed by atoms with Gasteiger partial charge >= 0.3 is 0 Å². The number of aryl methyl sites for hydroxylation is 1. The van der Waals surface area contributed by atoms with Gasteiger partial charge in [0, 0.05) is 0 Å². The molecule has 7 nitrogen and oxygen atoms in total. The summed E-state index contributed by atoms with van der Waals surface area (Å²) >= 11 is 0. The largest absolute Gasteiger partial charge is 0.495 e. The normalized spacial score (nSPS) is 11.8. The van der Waals surface area contributed by atoms with E-state index < -0.39 is 10.1 Å². The second kappa shape index (κ2) is 6.12. The number of nitrogens with two attached hydrogens (primary N) is 1. The van der Waals surface area contributed by atoms with E-state index in [4.69, 9.17) is 15.0 Å². The Morgan fingerprint density at radius 3 is 2.32 bits per heavy atom. The molecule has 0 saturated carbocycles. The lowest BCUT2D eigenvalue weighted by Crippen LogP contribution is -1.96. The fourth-order valence-electron chi connectivity index (χ4n) is 1.77. The lowest BCUT2D eigenvalue weighted by atomic mass is 10.1. The lowest BCUT2D eigenvalue weighted by Gasteiger charge is -2.07. The van der Waals surface area contributed by atoms with Crippen molar-refractivity contribution in [1.29, 1.82) is 0 Å². The second-order valence-electron chi connectivity index (χ2n) is 4.55. The van der Waals surface area contributed by atoms with Crippen LogP contribution < -0.4 is 10.5 Å². The van der Waals surface area contributed by atoms with Crippen molar-refractivity contribution in [1.82, 2.24) is 0 Å². The van der Waals surface area contributed by atoms with Crippen LogP contribution >= 0.6 is 0 Å². The van der Waals surface area contributed by atoms with Gasteiger partial charge in [0.15, 0.2) is 0 Å². The van der Waals surface area contributed by atoms with Gasteiger partial charge in [-0.25, -0.2) is 0 Å². The highest BCUT2D eigenvalue weighted by Crippen LogP contribution is 2.31. The summed E-state index contributed by atoms with van der Waals surface area (Å²) in [6.45, 7) is 1.84. The molecule has 0 atom stereocenters. The molecule has 2 aromatic carbocycles. The standard InChI is InChI=1S/C14H15N3O4S/c1-9-7-14(21-2)12(15)8-13(9)17-16-10-3-5-11(6-4-10)22(18,19)20/h3-8H,15H2,1-2H3,(H,18,19,20). The predicted octanol–water partition coefficient (Wildman–Crippen LogP) is 3.25. The maximum Gasteiger partial charge on any atom is 0.294 e. The molecule has 0 unspecified atom stereocenters. The van der Waals surface area contributed by atoms with E-state index in [0.717, 1.165) is 5.56 Å². The van der Waals surface area contributed by atoms with E-state index in [1.54, 1.807) is 12.1 Å². The Kier molecular flexibility index (Phi) is 4.43. The molecule has 116 valence electrons. The van der Waals surface area contributed by atoms with Gasteiger partial charge in [-0.15, -0.1) is 0 Å². The van der Waals surface area contributed by atoms with Crippen LogP contribution in [-0.2, 0) is 10.1 Å². The zero-order chi connectivity index (χ0) is 16.3. The Labute approximate surface area is 128 Å². The maximum absolute atomic E-state index is 10.9. The third kappa shape index (κ3) is 3.60. The number of nitrogen functional groups attached to an aromatic ring is 1. The number of rotatable bonds is 4. The van der Waals surface area contributed by atoms with Crippen molar-refractivity contribution >= 4 is 27.2 Å². The molecule has 0 spiro atoms. The van der Waals surface area contributed by atoms with Crippen molar-refractivity contribution in [3.63, 3.8) is 0 Å². The summed E-state index contributed by atoms with van der Waals surface area (Å²) in [5, 5.41) is 8.09. The lowest BCUT2D eigenvalue weighted by molar-refractivity contribution is 0.416. The zero-order valence-corrected chi connectivity index (χ0v) is 12.8. The summed E-state index contributed by atoms with van der Waals surface area (Å²) in [5.41, 5.74) is 8.13. The SMILES string of the molecule is COc1cc(C)c(N=Nc2ccc(S(=O)(=O)O)cc2)cc1N. The quantitative estimate of drug-likeness (QED) is 0.509. The first-order valence-electron chi connectivity index (χ1n) is 6.24. The summed E-state index contributed by atoms with van der Waals surface area (Å²) in [5.74, 6) is 0.564. The van der Waals surface area contributed by atoms with Crippen molar-refractivity contribution in [3.05, 3.63) is 42.0 Å². The van der Waals surface area contributed by atoms with Crippen LogP contribution in [0.5, 0.6) is 5.75 Å². The molecule has 0 radical (unpaired) electrons. The number of anilines is 1. The molecular weight excluding hydrogens is 306 g/mol. The highest BCUT2D eigenvalue weighted by Gasteiger charge is 2.08. The summed E-state index contributed by atoms with van der Waals surface area (Å²) in [6.07, 6.45) is 0. The van der Waals surface area contributed by atoms with Gasteiger partial charge in [0.05, 0.1) is 29.1 Å². The van der Waals surface area contributed by atoms with E-state index in [1.807, 2.05) is 6.92 Å². The molecule has 8 heteroatoms. The minimum absolute atomic E-state index is 0.198. The van der Waals surface area contributed by atoms with Gasteiger partial charge in [0.1, 0.15) is 5.75 Å². The minimum atomic E-state index is -4.21. The number of ether oxygens (including phenoxy) is 1. The fraction of sp³-hybridized carbons (Fsp3) is 0.143. The van der Waals surface area contributed by atoms with E-state index >= 15 is 0 Å². The Bertz CT molecular complexity index is 815. The van der Waals surface area contributed by atoms with Gasteiger partial charge in [-0.2, -0.15) is 18.6 Å². The number of azo groups is 1. The summed E-state index contributed by atoms with van der Waals surface area (Å²) < 4.78 is 35.9. The van der Waals surface area contributed by atoms with E-state index in [9.17, 15) is 8.42 Å². The smallest absolute Gasteiger partial charge is 0.294 e. The van der Waals surface area contributed by atoms with Crippen LogP contribution in [0.15, 0.2) is 51.5 Å². The Morgan fingerprint density at radius 1 is 1.14 bits per heavy atom. The van der Waals surface area contributed by atoms with Crippen LogP contribution in [0.25, 0.3) is 0 Å². The fourth-order valence-corrected chi connectivity index (χ4v) is 2.25. The molecule has 0 heterocycles. The molecule has 0 bridgehead atoms. The van der Waals surface area contributed by atoms with Gasteiger partial charge in [-0.05, 0) is 48.9 Å². The number of methoxy groups -OCH3 is 1. The van der Waals surface area contributed by atoms with Gasteiger partial charge in [0.25, 0.3) is 10.1 Å². The van der Waals surface area contributed by atoms with E-state index in [2.05, 4.69) is 10.2 Å². The highest BCUT2D eigenvalue weighted by molar-refractivity contribution is 7.85. The first-order chi connectivity index (χ1) is 10.3. The van der Waals surface area contributed by atoms with Crippen LogP contribution in [0.2, 0.25) is 0 Å². The Hall–Kier alpha value is -2.45. The second-order valence-corrected chi connectivity index (χ2v) is 5.97. The van der Waals surface area contributed by atoms with Crippen molar-refractivity contribution in [3.8, 4) is 5.75 Å². The van der Waals surface area contributed by atoms with Gasteiger partial charge in [-0.1, -0.05) is 0 Å². The summed E-state index contributed by atoms with van der Waals surface area (Å²) in [7, 11) is -2.68. The average Bonchev–Trinajstić information content (AvgIpc) is 2.47.